The minimum atomic E-state index is -0.962. The fraction of sp³-hybridized carbons (Fsp3) is 0.308. The predicted molar refractivity (Wildman–Crippen MR) is 365 cm³/mol. The number of hydrogen-bond acceptors (Lipinski definition) is 8. The fourth-order valence-electron chi connectivity index (χ4n) is 12.6. The number of aliphatic hydroxyl groups is 4. The second-order valence-electron chi connectivity index (χ2n) is 26.1. The second kappa shape index (κ2) is 26.1. The highest BCUT2D eigenvalue weighted by Gasteiger charge is 2.30. The molecule has 4 unspecified atom stereocenters. The molecule has 9 aromatic rings. The van der Waals surface area contributed by atoms with Crippen LogP contribution in [0.1, 0.15) is 188 Å². The van der Waals surface area contributed by atoms with Crippen LogP contribution >= 0.6 is 47.0 Å². The molecule has 0 bridgehead atoms. The van der Waals surface area contributed by atoms with Gasteiger partial charge in [0.05, 0.1) is 0 Å². The third kappa shape index (κ3) is 14.4. The van der Waals surface area contributed by atoms with Gasteiger partial charge >= 0.3 is 0 Å². The second-order valence-corrected chi connectivity index (χ2v) is 30.6. The van der Waals surface area contributed by atoms with Gasteiger partial charge in [0.15, 0.2) is 0 Å². The monoisotopic (exact) mass is 1210 g/mol. The molecule has 4 N–H and O–H groups in total. The Bertz CT molecular complexity index is 3620. The molecule has 4 nitrogen and oxygen atoms in total. The van der Waals surface area contributed by atoms with Crippen LogP contribution in [0.25, 0.3) is 0 Å². The van der Waals surface area contributed by atoms with Crippen molar-refractivity contribution >= 4 is 47.0 Å². The highest BCUT2D eigenvalue weighted by atomic mass is 32.2. The van der Waals surface area contributed by atoms with Crippen molar-refractivity contribution in [1.29, 1.82) is 0 Å². The highest BCUT2D eigenvalue weighted by Crippen LogP contribution is 2.49. The van der Waals surface area contributed by atoms with E-state index in [9.17, 15) is 20.4 Å². The quantitative estimate of drug-likeness (QED) is 0.0762. The molecule has 86 heavy (non-hydrogen) atoms. The summed E-state index contributed by atoms with van der Waals surface area (Å²) in [6, 6.07) is 51.5. The minimum Gasteiger partial charge on any atom is -0.384 e. The molecule has 0 heterocycles. The van der Waals surface area contributed by atoms with E-state index in [1.165, 1.54) is 11.1 Å². The predicted octanol–water partition coefficient (Wildman–Crippen LogP) is 20.9. The molecular formula is C78H86O4S4. The lowest BCUT2D eigenvalue weighted by Gasteiger charge is -2.26. The molecule has 8 heteroatoms. The van der Waals surface area contributed by atoms with Gasteiger partial charge in [-0.1, -0.05) is 184 Å². The molecule has 4 atom stereocenters. The van der Waals surface area contributed by atoms with Gasteiger partial charge in [-0.25, -0.2) is 0 Å². The van der Waals surface area contributed by atoms with E-state index in [0.717, 1.165) is 150 Å². The average molecular weight is 1220 g/mol. The molecule has 0 spiro atoms. The van der Waals surface area contributed by atoms with Crippen molar-refractivity contribution in [1.82, 2.24) is 0 Å². The standard InChI is InChI=1S/C78H86O4S4/c1-43-31-47(5)69(48(6)32-43)73(79)61-41-67(63(75(81)71-51(9)35-45(3)36-52(71)10)39-65(61)83-57-23-19-55(20-24-57)77(13,14)15)85-59-27-29-60(30-28-59)86-68-42-62(74(80)70-49(7)33-44(2)34-50(70)8)66(84-58-25-21-56(22-26-58)78(16,17)18)40-64(68)76(82)72-53(11)37-46(4)38-54(72)12/h19-42,73-76,79-82H,1-18H3. The molecule has 0 aromatic heterocycles. The van der Waals surface area contributed by atoms with Crippen molar-refractivity contribution < 1.29 is 20.4 Å². The Labute approximate surface area is 530 Å². The summed E-state index contributed by atoms with van der Waals surface area (Å²) in [5, 5.41) is 51.4. The third-order valence-electron chi connectivity index (χ3n) is 16.7. The van der Waals surface area contributed by atoms with Crippen LogP contribution in [0, 0.1) is 83.1 Å². The normalized spacial score (nSPS) is 13.5. The maximum Gasteiger partial charge on any atom is 0.106 e. The zero-order valence-corrected chi connectivity index (χ0v) is 56.9. The molecule has 0 amide bonds. The van der Waals surface area contributed by atoms with E-state index >= 15 is 0 Å². The molecule has 0 aliphatic heterocycles. The first-order valence-corrected chi connectivity index (χ1v) is 33.1. The summed E-state index contributed by atoms with van der Waals surface area (Å²) in [4.78, 5) is 7.44. The zero-order valence-electron chi connectivity index (χ0n) is 53.6. The Morgan fingerprint density at radius 3 is 0.581 bits per heavy atom. The Kier molecular flexibility index (Phi) is 19.6. The van der Waals surface area contributed by atoms with Gasteiger partial charge < -0.3 is 20.4 Å². The maximum absolute atomic E-state index is 12.9. The molecule has 0 fully saturated rings. The van der Waals surface area contributed by atoms with E-state index in [4.69, 9.17) is 0 Å². The van der Waals surface area contributed by atoms with Crippen LogP contribution in [0.4, 0.5) is 0 Å². The van der Waals surface area contributed by atoms with Gasteiger partial charge in [-0.05, 0) is 245 Å². The number of hydrogen-bond donors (Lipinski definition) is 4. The minimum absolute atomic E-state index is 0.00813. The van der Waals surface area contributed by atoms with Gasteiger partial charge in [-0.2, -0.15) is 0 Å². The van der Waals surface area contributed by atoms with E-state index in [1.54, 1.807) is 47.0 Å². The average Bonchev–Trinajstić information content (AvgIpc) is 1.01. The van der Waals surface area contributed by atoms with Crippen molar-refractivity contribution in [2.75, 3.05) is 0 Å². The molecule has 9 aromatic carbocycles. The molecular weight excluding hydrogens is 1130 g/mol. The fourth-order valence-corrected chi connectivity index (χ4v) is 16.6. The van der Waals surface area contributed by atoms with Crippen LogP contribution in [0.3, 0.4) is 0 Å². The SMILES string of the molecule is Cc1cc(C)c(C(O)c2cc(Sc3ccc(C(C)(C)C)cc3)c(C(O)c3c(C)cc(C)cc3C)cc2Sc2ccc(Sc3cc(C(O)c4c(C)cc(C)cc4C)c(Sc4ccc(C(C)(C)C)cc4)cc3C(O)c3c(C)cc(C)cc3C)cc2)c(C)c1. The molecule has 0 saturated heterocycles. The Morgan fingerprint density at radius 1 is 0.256 bits per heavy atom. The van der Waals surface area contributed by atoms with Crippen LogP contribution < -0.4 is 0 Å². The highest BCUT2D eigenvalue weighted by molar-refractivity contribution is 8.00. The van der Waals surface area contributed by atoms with Crippen LogP contribution in [-0.2, 0) is 10.8 Å². The lowest BCUT2D eigenvalue weighted by atomic mass is 9.87. The van der Waals surface area contributed by atoms with Crippen molar-refractivity contribution in [2.24, 2.45) is 0 Å². The maximum atomic E-state index is 12.9. The van der Waals surface area contributed by atoms with Crippen LogP contribution in [0.15, 0.2) is 185 Å². The topological polar surface area (TPSA) is 80.9 Å². The molecule has 0 aliphatic rings. The largest absolute Gasteiger partial charge is 0.384 e. The van der Waals surface area contributed by atoms with E-state index in [1.807, 2.05) is 0 Å². The Balaban J connectivity index is 1.18. The third-order valence-corrected chi connectivity index (χ3v) is 21.0. The summed E-state index contributed by atoms with van der Waals surface area (Å²) in [6.45, 7) is 38.3. The van der Waals surface area contributed by atoms with Crippen molar-refractivity contribution in [3.05, 3.63) is 268 Å². The van der Waals surface area contributed by atoms with Crippen molar-refractivity contribution in [2.45, 2.75) is 199 Å². The summed E-state index contributed by atoms with van der Waals surface area (Å²) >= 11 is 6.40. The van der Waals surface area contributed by atoms with Crippen LogP contribution in [0.5, 0.6) is 0 Å². The lowest BCUT2D eigenvalue weighted by molar-refractivity contribution is 0.210. The van der Waals surface area contributed by atoms with Crippen LogP contribution in [-0.4, -0.2) is 20.4 Å². The Hall–Kier alpha value is -5.78. The lowest BCUT2D eigenvalue weighted by Crippen LogP contribution is -2.11. The molecule has 9 rings (SSSR count). The molecule has 446 valence electrons. The smallest absolute Gasteiger partial charge is 0.106 e. The van der Waals surface area contributed by atoms with Gasteiger partial charge in [0.1, 0.15) is 24.4 Å². The number of aliphatic hydroxyl groups excluding tert-OH is 4. The first kappa shape index (κ1) is 64.7. The first-order valence-electron chi connectivity index (χ1n) is 29.9. The summed E-state index contributed by atoms with van der Waals surface area (Å²) in [6.07, 6.45) is -3.82. The summed E-state index contributed by atoms with van der Waals surface area (Å²) in [5.41, 5.74) is 21.8. The summed E-state index contributed by atoms with van der Waals surface area (Å²) < 4.78 is 0. The van der Waals surface area contributed by atoms with Gasteiger partial charge in [0, 0.05) is 61.4 Å². The van der Waals surface area contributed by atoms with Crippen molar-refractivity contribution in [3.63, 3.8) is 0 Å². The molecule has 0 aliphatic carbocycles. The zero-order chi connectivity index (χ0) is 62.4. The van der Waals surface area contributed by atoms with E-state index < -0.39 is 24.4 Å². The van der Waals surface area contributed by atoms with Gasteiger partial charge in [-0.15, -0.1) is 0 Å². The number of aryl methyl sites for hydroxylation is 12. The first-order chi connectivity index (χ1) is 40.4. The van der Waals surface area contributed by atoms with Gasteiger partial charge in [0.25, 0.3) is 0 Å². The van der Waals surface area contributed by atoms with Gasteiger partial charge in [-0.3, -0.25) is 0 Å². The van der Waals surface area contributed by atoms with Crippen molar-refractivity contribution in [3.8, 4) is 0 Å². The molecule has 0 radical (unpaired) electrons. The summed E-state index contributed by atoms with van der Waals surface area (Å²) in [7, 11) is 0. The number of rotatable bonds is 16. The van der Waals surface area contributed by atoms with E-state index in [0.29, 0.717) is 0 Å². The van der Waals surface area contributed by atoms with E-state index in [-0.39, 0.29) is 10.8 Å². The summed E-state index contributed by atoms with van der Waals surface area (Å²) in [5.74, 6) is 0. The van der Waals surface area contributed by atoms with Gasteiger partial charge in [0.2, 0.25) is 0 Å². The molecule has 0 saturated carbocycles. The van der Waals surface area contributed by atoms with E-state index in [2.05, 4.69) is 270 Å². The number of benzene rings is 9. The van der Waals surface area contributed by atoms with Crippen LogP contribution in [0.2, 0.25) is 0 Å². The Morgan fingerprint density at radius 2 is 0.419 bits per heavy atom.